The van der Waals surface area contributed by atoms with E-state index in [1.165, 1.54) is 11.1 Å². The van der Waals surface area contributed by atoms with E-state index in [9.17, 15) is 0 Å². The maximum Gasteiger partial charge on any atom is 0.103 e. The summed E-state index contributed by atoms with van der Waals surface area (Å²) in [6.45, 7) is 9.24. The van der Waals surface area contributed by atoms with Crippen LogP contribution in [0.15, 0.2) is 24.3 Å². The molecule has 0 unspecified atom stereocenters. The van der Waals surface area contributed by atoms with Crippen LogP contribution in [0, 0.1) is 0 Å². The molecule has 1 heterocycles. The zero-order chi connectivity index (χ0) is 11.6. The number of ether oxygens (including phenoxy) is 1. The third-order valence-electron chi connectivity index (χ3n) is 3.35. The van der Waals surface area contributed by atoms with Crippen molar-refractivity contribution in [2.45, 2.75) is 32.3 Å². The van der Waals surface area contributed by atoms with E-state index in [1.54, 1.807) is 0 Å². The molecule has 0 aliphatic carbocycles. The zero-order valence-corrected chi connectivity index (χ0v) is 10.4. The van der Waals surface area contributed by atoms with Crippen molar-refractivity contribution < 1.29 is 4.74 Å². The molecule has 1 aromatic carbocycles. The lowest BCUT2D eigenvalue weighted by atomic mass is 9.92. The Morgan fingerprint density at radius 1 is 1.25 bits per heavy atom. The van der Waals surface area contributed by atoms with Crippen LogP contribution in [-0.2, 0) is 10.3 Å². The molecule has 1 saturated heterocycles. The Morgan fingerprint density at radius 2 is 1.94 bits per heavy atom. The fraction of sp³-hybridized carbons (Fsp3) is 0.571. The molecule has 88 valence electrons. The summed E-state index contributed by atoms with van der Waals surface area (Å²) in [6, 6.07) is 8.82. The van der Waals surface area contributed by atoms with Crippen LogP contribution in [0.2, 0.25) is 0 Å². The number of hydrogen-bond acceptors (Lipinski definition) is 2. The molecular formula is C14H21NO. The second-order valence-corrected chi connectivity index (χ2v) is 5.03. The summed E-state index contributed by atoms with van der Waals surface area (Å²) in [5, 5.41) is 3.39. The van der Waals surface area contributed by atoms with Gasteiger partial charge in [0, 0.05) is 13.1 Å². The zero-order valence-electron chi connectivity index (χ0n) is 10.4. The van der Waals surface area contributed by atoms with Gasteiger partial charge in [0.15, 0.2) is 0 Å². The van der Waals surface area contributed by atoms with Crippen LogP contribution in [0.1, 0.15) is 37.8 Å². The Kier molecular flexibility index (Phi) is 3.31. The number of nitrogens with one attached hydrogen (secondary N) is 1. The van der Waals surface area contributed by atoms with Gasteiger partial charge in [-0.1, -0.05) is 38.1 Å². The van der Waals surface area contributed by atoms with Crippen LogP contribution < -0.4 is 5.32 Å². The summed E-state index contributed by atoms with van der Waals surface area (Å²) >= 11 is 0. The van der Waals surface area contributed by atoms with E-state index in [2.05, 4.69) is 50.4 Å². The van der Waals surface area contributed by atoms with Gasteiger partial charge in [-0.25, -0.2) is 0 Å². The van der Waals surface area contributed by atoms with E-state index >= 15 is 0 Å². The van der Waals surface area contributed by atoms with Crippen LogP contribution >= 0.6 is 0 Å². The van der Waals surface area contributed by atoms with Crippen molar-refractivity contribution in [2.75, 3.05) is 19.7 Å². The lowest BCUT2D eigenvalue weighted by Gasteiger charge is -2.35. The highest BCUT2D eigenvalue weighted by Crippen LogP contribution is 2.27. The Hall–Kier alpha value is -0.860. The van der Waals surface area contributed by atoms with E-state index in [0.717, 1.165) is 19.7 Å². The van der Waals surface area contributed by atoms with Crippen LogP contribution in [0.5, 0.6) is 0 Å². The fourth-order valence-corrected chi connectivity index (χ4v) is 2.13. The average molecular weight is 219 g/mol. The summed E-state index contributed by atoms with van der Waals surface area (Å²) < 4.78 is 5.89. The van der Waals surface area contributed by atoms with Gasteiger partial charge in [0.2, 0.25) is 0 Å². The smallest absolute Gasteiger partial charge is 0.103 e. The standard InChI is InChI=1S/C14H21NO/c1-11(2)12-4-6-13(7-5-12)14(3)10-15-8-9-16-14/h4-7,11,15H,8-10H2,1-3H3/t14-/m1/s1. The molecule has 1 aliphatic heterocycles. The molecule has 2 rings (SSSR count). The summed E-state index contributed by atoms with van der Waals surface area (Å²) in [5.41, 5.74) is 2.49. The van der Waals surface area contributed by atoms with Crippen LogP contribution in [0.3, 0.4) is 0 Å². The number of morpholine rings is 1. The maximum atomic E-state index is 5.89. The van der Waals surface area contributed by atoms with Gasteiger partial charge in [-0.2, -0.15) is 0 Å². The van der Waals surface area contributed by atoms with Gasteiger partial charge < -0.3 is 10.1 Å². The molecule has 0 radical (unpaired) electrons. The Bertz CT molecular complexity index is 336. The highest BCUT2D eigenvalue weighted by atomic mass is 16.5. The van der Waals surface area contributed by atoms with Crippen molar-refractivity contribution in [2.24, 2.45) is 0 Å². The molecule has 0 amide bonds. The summed E-state index contributed by atoms with van der Waals surface area (Å²) in [4.78, 5) is 0. The fourth-order valence-electron chi connectivity index (χ4n) is 2.13. The lowest BCUT2D eigenvalue weighted by molar-refractivity contribution is -0.0572. The van der Waals surface area contributed by atoms with Gasteiger partial charge in [0.25, 0.3) is 0 Å². The van der Waals surface area contributed by atoms with Crippen molar-refractivity contribution in [3.8, 4) is 0 Å². The Labute approximate surface area is 98.0 Å². The van der Waals surface area contributed by atoms with Crippen molar-refractivity contribution >= 4 is 0 Å². The molecule has 1 fully saturated rings. The molecule has 1 atom stereocenters. The van der Waals surface area contributed by atoms with E-state index in [-0.39, 0.29) is 5.60 Å². The van der Waals surface area contributed by atoms with Crippen molar-refractivity contribution in [1.82, 2.24) is 5.32 Å². The molecule has 1 aliphatic rings. The third kappa shape index (κ3) is 2.28. The molecule has 2 nitrogen and oxygen atoms in total. The predicted octanol–water partition coefficient (Wildman–Crippen LogP) is 2.65. The predicted molar refractivity (Wildman–Crippen MR) is 66.7 cm³/mol. The molecule has 1 N–H and O–H groups in total. The molecule has 0 aromatic heterocycles. The SMILES string of the molecule is CC(C)c1ccc([C@@]2(C)CNCCO2)cc1. The minimum atomic E-state index is -0.159. The maximum absolute atomic E-state index is 5.89. The van der Waals surface area contributed by atoms with Gasteiger partial charge in [-0.05, 0) is 24.0 Å². The van der Waals surface area contributed by atoms with Gasteiger partial charge in [-0.3, -0.25) is 0 Å². The van der Waals surface area contributed by atoms with Crippen molar-refractivity contribution in [3.05, 3.63) is 35.4 Å². The first-order chi connectivity index (χ1) is 7.62. The second-order valence-electron chi connectivity index (χ2n) is 5.03. The summed E-state index contributed by atoms with van der Waals surface area (Å²) in [7, 11) is 0. The van der Waals surface area contributed by atoms with Crippen LogP contribution in [0.25, 0.3) is 0 Å². The molecule has 0 bridgehead atoms. The number of rotatable bonds is 2. The normalized spacial score (nSPS) is 26.0. The monoisotopic (exact) mass is 219 g/mol. The largest absolute Gasteiger partial charge is 0.368 e. The highest BCUT2D eigenvalue weighted by Gasteiger charge is 2.29. The van der Waals surface area contributed by atoms with Crippen LogP contribution in [0.4, 0.5) is 0 Å². The average Bonchev–Trinajstić information content (AvgIpc) is 2.30. The molecule has 0 saturated carbocycles. The van der Waals surface area contributed by atoms with Crippen LogP contribution in [-0.4, -0.2) is 19.7 Å². The summed E-state index contributed by atoms with van der Waals surface area (Å²) in [5.74, 6) is 0.590. The van der Waals surface area contributed by atoms with Crippen molar-refractivity contribution in [3.63, 3.8) is 0 Å². The Morgan fingerprint density at radius 3 is 2.44 bits per heavy atom. The minimum absolute atomic E-state index is 0.159. The first-order valence-electron chi connectivity index (χ1n) is 6.07. The van der Waals surface area contributed by atoms with E-state index in [4.69, 9.17) is 4.74 Å². The topological polar surface area (TPSA) is 21.3 Å². The number of benzene rings is 1. The van der Waals surface area contributed by atoms with E-state index in [1.807, 2.05) is 0 Å². The minimum Gasteiger partial charge on any atom is -0.368 e. The molecule has 16 heavy (non-hydrogen) atoms. The van der Waals surface area contributed by atoms with E-state index in [0.29, 0.717) is 5.92 Å². The van der Waals surface area contributed by atoms with Crippen molar-refractivity contribution in [1.29, 1.82) is 0 Å². The van der Waals surface area contributed by atoms with E-state index < -0.39 is 0 Å². The first-order valence-corrected chi connectivity index (χ1v) is 6.07. The quantitative estimate of drug-likeness (QED) is 0.825. The second kappa shape index (κ2) is 4.56. The van der Waals surface area contributed by atoms with Gasteiger partial charge >= 0.3 is 0 Å². The van der Waals surface area contributed by atoms with Gasteiger partial charge in [0.05, 0.1) is 6.61 Å². The molecular weight excluding hydrogens is 198 g/mol. The lowest BCUT2D eigenvalue weighted by Crippen LogP contribution is -2.45. The first kappa shape index (κ1) is 11.6. The molecule has 1 aromatic rings. The molecule has 2 heteroatoms. The molecule has 0 spiro atoms. The number of hydrogen-bond donors (Lipinski definition) is 1. The van der Waals surface area contributed by atoms with Gasteiger partial charge in [-0.15, -0.1) is 0 Å². The summed E-state index contributed by atoms with van der Waals surface area (Å²) in [6.07, 6.45) is 0. The Balaban J connectivity index is 2.20. The third-order valence-corrected chi connectivity index (χ3v) is 3.35. The van der Waals surface area contributed by atoms with Gasteiger partial charge in [0.1, 0.15) is 5.60 Å². The highest BCUT2D eigenvalue weighted by molar-refractivity contribution is 5.29.